The standard InChI is InChI=1S/C12H19OPS2.ClH/c1-3-7-11(2)10-16-14(13,15)12-8-5-4-6-9-12;/h4-6,8-9,11H,3,7,10H2,1-2H3,(H,13,15);1H. The van der Waals surface area contributed by atoms with Crippen molar-refractivity contribution in [2.45, 2.75) is 26.7 Å². The van der Waals surface area contributed by atoms with Crippen LogP contribution < -0.4 is 5.30 Å². The third kappa shape index (κ3) is 6.26. The van der Waals surface area contributed by atoms with Crippen molar-refractivity contribution < 1.29 is 4.89 Å². The molecule has 0 saturated carbocycles. The summed E-state index contributed by atoms with van der Waals surface area (Å²) in [6, 6.07) is 9.67. The smallest absolute Gasteiger partial charge is 0.146 e. The van der Waals surface area contributed by atoms with E-state index in [2.05, 4.69) is 13.8 Å². The summed E-state index contributed by atoms with van der Waals surface area (Å²) in [5, 5.41) is 0.915. The Morgan fingerprint density at radius 3 is 2.47 bits per heavy atom. The van der Waals surface area contributed by atoms with E-state index in [4.69, 9.17) is 11.8 Å². The molecule has 2 atom stereocenters. The number of halogens is 1. The van der Waals surface area contributed by atoms with E-state index in [-0.39, 0.29) is 12.4 Å². The van der Waals surface area contributed by atoms with E-state index in [0.717, 1.165) is 11.1 Å². The van der Waals surface area contributed by atoms with Crippen LogP contribution in [0.15, 0.2) is 30.3 Å². The molecule has 1 rings (SSSR count). The Kier molecular flexibility index (Phi) is 8.79. The van der Waals surface area contributed by atoms with Crippen molar-refractivity contribution in [2.75, 3.05) is 5.75 Å². The lowest BCUT2D eigenvalue weighted by Gasteiger charge is -2.17. The van der Waals surface area contributed by atoms with Gasteiger partial charge < -0.3 is 4.89 Å². The maximum Gasteiger partial charge on any atom is 0.146 e. The summed E-state index contributed by atoms with van der Waals surface area (Å²) in [6.45, 7) is 4.41. The summed E-state index contributed by atoms with van der Waals surface area (Å²) in [6.07, 6.45) is 2.40. The van der Waals surface area contributed by atoms with E-state index in [0.29, 0.717) is 5.92 Å². The summed E-state index contributed by atoms with van der Waals surface area (Å²) < 4.78 is 0. The topological polar surface area (TPSA) is 20.2 Å². The molecule has 0 heterocycles. The molecule has 0 aromatic heterocycles. The molecule has 98 valence electrons. The fourth-order valence-electron chi connectivity index (χ4n) is 1.50. The highest BCUT2D eigenvalue weighted by atomic mass is 35.5. The van der Waals surface area contributed by atoms with Crippen molar-refractivity contribution in [3.63, 3.8) is 0 Å². The Morgan fingerprint density at radius 1 is 1.35 bits per heavy atom. The number of hydrogen-bond acceptors (Lipinski definition) is 2. The first-order valence-electron chi connectivity index (χ1n) is 5.59. The van der Waals surface area contributed by atoms with E-state index in [1.54, 1.807) is 11.4 Å². The number of benzene rings is 1. The Hall–Kier alpha value is 0.470. The van der Waals surface area contributed by atoms with Gasteiger partial charge in [-0.1, -0.05) is 80.2 Å². The van der Waals surface area contributed by atoms with Crippen LogP contribution in [0.4, 0.5) is 0 Å². The van der Waals surface area contributed by atoms with Crippen LogP contribution in [0.2, 0.25) is 0 Å². The maximum absolute atomic E-state index is 10.3. The lowest BCUT2D eigenvalue weighted by Crippen LogP contribution is -2.03. The number of hydrogen-bond donors (Lipinski definition) is 1. The van der Waals surface area contributed by atoms with Crippen LogP contribution in [0.1, 0.15) is 26.7 Å². The lowest BCUT2D eigenvalue weighted by atomic mass is 10.1. The molecule has 0 fully saturated rings. The van der Waals surface area contributed by atoms with Crippen molar-refractivity contribution in [3.8, 4) is 0 Å². The SMILES string of the molecule is CCCC(C)CSP(O)(=S)c1ccccc1.Cl. The van der Waals surface area contributed by atoms with Gasteiger partial charge in [-0.3, -0.25) is 0 Å². The molecule has 0 amide bonds. The van der Waals surface area contributed by atoms with Gasteiger partial charge in [0.15, 0.2) is 0 Å². The highest BCUT2D eigenvalue weighted by Crippen LogP contribution is 2.54. The van der Waals surface area contributed by atoms with Crippen molar-refractivity contribution in [3.05, 3.63) is 30.3 Å². The quantitative estimate of drug-likeness (QED) is 0.795. The zero-order valence-electron chi connectivity index (χ0n) is 10.2. The normalized spacial score (nSPS) is 15.7. The molecule has 1 N–H and O–H groups in total. The van der Waals surface area contributed by atoms with Crippen molar-refractivity contribution in [1.82, 2.24) is 0 Å². The third-order valence-corrected chi connectivity index (χ3v) is 8.13. The molecular weight excluding hydrogens is 291 g/mol. The average Bonchev–Trinajstić information content (AvgIpc) is 2.28. The molecule has 1 aromatic rings. The van der Waals surface area contributed by atoms with Gasteiger partial charge in [-0.15, -0.1) is 12.4 Å². The second-order valence-corrected chi connectivity index (χ2v) is 10.8. The van der Waals surface area contributed by atoms with Gasteiger partial charge in [0.2, 0.25) is 0 Å². The molecular formula is C12H20ClOPS2. The van der Waals surface area contributed by atoms with Crippen LogP contribution in [0.25, 0.3) is 0 Å². The predicted octanol–water partition coefficient (Wildman–Crippen LogP) is 4.20. The first-order valence-corrected chi connectivity index (χ1v) is 9.93. The first-order chi connectivity index (χ1) is 7.56. The van der Waals surface area contributed by atoms with Crippen molar-refractivity contribution in [1.29, 1.82) is 0 Å². The summed E-state index contributed by atoms with van der Waals surface area (Å²) in [5.74, 6) is 1.59. The number of rotatable bonds is 6. The highest BCUT2D eigenvalue weighted by molar-refractivity contribution is 8.71. The Labute approximate surface area is 120 Å². The van der Waals surface area contributed by atoms with Gasteiger partial charge in [-0.05, 0) is 5.92 Å². The largest absolute Gasteiger partial charge is 0.354 e. The minimum Gasteiger partial charge on any atom is -0.354 e. The Balaban J connectivity index is 0.00000256. The molecule has 0 saturated heterocycles. The fourth-order valence-corrected chi connectivity index (χ4v) is 5.91. The van der Waals surface area contributed by atoms with E-state index in [9.17, 15) is 4.89 Å². The van der Waals surface area contributed by atoms with Crippen LogP contribution in [0, 0.1) is 5.92 Å². The second-order valence-electron chi connectivity index (χ2n) is 4.05. The maximum atomic E-state index is 10.3. The molecule has 5 heteroatoms. The molecule has 17 heavy (non-hydrogen) atoms. The van der Waals surface area contributed by atoms with Gasteiger partial charge in [-0.25, -0.2) is 0 Å². The summed E-state index contributed by atoms with van der Waals surface area (Å²) >= 11 is 6.90. The molecule has 1 nitrogen and oxygen atoms in total. The zero-order chi connectivity index (χ0) is 12.0. The van der Waals surface area contributed by atoms with E-state index >= 15 is 0 Å². The van der Waals surface area contributed by atoms with Gasteiger partial charge >= 0.3 is 0 Å². The summed E-state index contributed by atoms with van der Waals surface area (Å²) in [4.78, 5) is 10.3. The van der Waals surface area contributed by atoms with Crippen LogP contribution >= 0.6 is 29.3 Å². The van der Waals surface area contributed by atoms with Crippen molar-refractivity contribution >= 4 is 46.4 Å². The molecule has 1 aromatic carbocycles. The van der Waals surface area contributed by atoms with E-state index in [1.807, 2.05) is 30.3 Å². The van der Waals surface area contributed by atoms with Gasteiger partial charge in [0, 0.05) is 11.1 Å². The molecule has 0 aliphatic carbocycles. The van der Waals surface area contributed by atoms with Gasteiger partial charge in [0.1, 0.15) is 5.47 Å². The molecule has 0 aliphatic heterocycles. The Morgan fingerprint density at radius 2 is 1.94 bits per heavy atom. The van der Waals surface area contributed by atoms with Crippen LogP contribution in [0.3, 0.4) is 0 Å². The zero-order valence-corrected chi connectivity index (χ0v) is 13.5. The fraction of sp³-hybridized carbons (Fsp3) is 0.500. The second kappa shape index (κ2) is 8.55. The van der Waals surface area contributed by atoms with E-state index in [1.165, 1.54) is 12.8 Å². The molecule has 0 aliphatic rings. The molecule has 0 radical (unpaired) electrons. The van der Waals surface area contributed by atoms with Crippen molar-refractivity contribution in [2.24, 2.45) is 5.92 Å². The third-order valence-electron chi connectivity index (χ3n) is 2.40. The first kappa shape index (κ1) is 17.5. The predicted molar refractivity (Wildman–Crippen MR) is 86.4 cm³/mol. The summed E-state index contributed by atoms with van der Waals surface area (Å²) in [7, 11) is 0. The van der Waals surface area contributed by atoms with Gasteiger partial charge in [0.25, 0.3) is 0 Å². The van der Waals surface area contributed by atoms with Crippen LogP contribution in [-0.2, 0) is 11.8 Å². The lowest BCUT2D eigenvalue weighted by molar-refractivity contribution is 0.585. The summed E-state index contributed by atoms with van der Waals surface area (Å²) in [5.41, 5.74) is -2.37. The monoisotopic (exact) mass is 310 g/mol. The van der Waals surface area contributed by atoms with Gasteiger partial charge in [-0.2, -0.15) is 0 Å². The highest BCUT2D eigenvalue weighted by Gasteiger charge is 2.17. The average molecular weight is 311 g/mol. The minimum atomic E-state index is -2.37. The Bertz CT molecular complexity index is 359. The van der Waals surface area contributed by atoms with Crippen LogP contribution in [-0.4, -0.2) is 10.6 Å². The van der Waals surface area contributed by atoms with Gasteiger partial charge in [0.05, 0.1) is 0 Å². The minimum absolute atomic E-state index is 0. The molecule has 0 bridgehead atoms. The van der Waals surface area contributed by atoms with E-state index < -0.39 is 5.47 Å². The molecule has 2 unspecified atom stereocenters. The molecule has 0 spiro atoms. The van der Waals surface area contributed by atoms with Crippen LogP contribution in [0.5, 0.6) is 0 Å².